The minimum atomic E-state index is -0.341. The van der Waals surface area contributed by atoms with Crippen LogP contribution in [0, 0.1) is 0 Å². The molecule has 0 aliphatic rings. The molecule has 0 saturated carbocycles. The van der Waals surface area contributed by atoms with Crippen molar-refractivity contribution in [2.75, 3.05) is 34.4 Å². The van der Waals surface area contributed by atoms with Crippen molar-refractivity contribution in [2.24, 2.45) is 0 Å². The van der Waals surface area contributed by atoms with Crippen LogP contribution in [0.25, 0.3) is 0 Å². The van der Waals surface area contributed by atoms with Gasteiger partial charge in [-0.15, -0.1) is 0 Å². The van der Waals surface area contributed by atoms with Gasteiger partial charge in [-0.2, -0.15) is 0 Å². The van der Waals surface area contributed by atoms with Crippen molar-refractivity contribution >= 4 is 12.0 Å². The van der Waals surface area contributed by atoms with Gasteiger partial charge in [-0.3, -0.25) is 4.79 Å². The van der Waals surface area contributed by atoms with Crippen LogP contribution in [0.5, 0.6) is 0 Å². The van der Waals surface area contributed by atoms with Crippen molar-refractivity contribution in [1.29, 1.82) is 0 Å². The molecule has 0 aromatic rings. The number of urea groups is 1. The maximum atomic E-state index is 11.4. The average Bonchev–Trinajstić information content (AvgIpc) is 2.12. The zero-order valence-electron chi connectivity index (χ0n) is 13.0. The Bertz CT molecular complexity index is 303. The highest BCUT2D eigenvalue weighted by Crippen LogP contribution is 1.99. The Morgan fingerprint density at radius 1 is 1.16 bits per heavy atom. The largest absolute Gasteiger partial charge is 0.444 e. The van der Waals surface area contributed by atoms with E-state index in [2.05, 4.69) is 31.8 Å². The number of nitrogens with one attached hydrogen (secondary N) is 2. The second-order valence-corrected chi connectivity index (χ2v) is 6.66. The van der Waals surface area contributed by atoms with E-state index < -0.39 is 0 Å². The van der Waals surface area contributed by atoms with E-state index in [0.29, 0.717) is 6.42 Å². The molecule has 0 aromatic heterocycles. The number of carbonyl (C=O) groups excluding carboxylic acids is 2. The summed E-state index contributed by atoms with van der Waals surface area (Å²) in [6.07, 6.45) is 1.15. The number of nitrogens with zero attached hydrogens (tertiary/aromatic N) is 1. The number of hydrogen-bond donors (Lipinski definition) is 2. The first kappa shape index (κ1) is 17.7. The van der Waals surface area contributed by atoms with Crippen molar-refractivity contribution in [1.82, 2.24) is 10.6 Å². The van der Waals surface area contributed by atoms with Crippen molar-refractivity contribution in [3.05, 3.63) is 0 Å². The molecule has 0 saturated heterocycles. The summed E-state index contributed by atoms with van der Waals surface area (Å²) in [6.45, 7) is 6.45. The van der Waals surface area contributed by atoms with E-state index in [0.717, 1.165) is 17.4 Å². The molecule has 6 heteroatoms. The van der Waals surface area contributed by atoms with Gasteiger partial charge in [0, 0.05) is 12.0 Å². The number of esters is 1. The van der Waals surface area contributed by atoms with Crippen LogP contribution in [0.4, 0.5) is 4.79 Å². The number of hydrogen-bond acceptors (Lipinski definition) is 3. The Kier molecular flexibility index (Phi) is 6.83. The van der Waals surface area contributed by atoms with Crippen molar-refractivity contribution in [3.63, 3.8) is 0 Å². The van der Waals surface area contributed by atoms with Gasteiger partial charge in [0.15, 0.2) is 6.73 Å². The summed E-state index contributed by atoms with van der Waals surface area (Å²) >= 11 is 0. The number of rotatable bonds is 6. The molecular weight excluding hydrogens is 246 g/mol. The summed E-state index contributed by atoms with van der Waals surface area (Å²) in [7, 11) is 6.22. The first-order valence-corrected chi connectivity index (χ1v) is 6.52. The Balaban J connectivity index is 3.67. The van der Waals surface area contributed by atoms with Crippen LogP contribution in [-0.4, -0.2) is 56.4 Å². The lowest BCUT2D eigenvalue weighted by atomic mass is 10.1. The van der Waals surface area contributed by atoms with Gasteiger partial charge in [-0.25, -0.2) is 4.79 Å². The Morgan fingerprint density at radius 2 is 1.74 bits per heavy atom. The fraction of sp³-hybridized carbons (Fsp3) is 0.846. The molecule has 0 aromatic carbocycles. The zero-order chi connectivity index (χ0) is 15.1. The third-order valence-corrected chi connectivity index (χ3v) is 2.16. The fourth-order valence-corrected chi connectivity index (χ4v) is 1.34. The van der Waals surface area contributed by atoms with E-state index in [9.17, 15) is 9.59 Å². The minimum absolute atomic E-state index is 0.0921. The number of carbonyl (C=O) groups is 2. The van der Waals surface area contributed by atoms with Gasteiger partial charge in [0.2, 0.25) is 0 Å². The van der Waals surface area contributed by atoms with Gasteiger partial charge in [-0.1, -0.05) is 0 Å². The summed E-state index contributed by atoms with van der Waals surface area (Å²) in [4.78, 5) is 22.8. The first-order valence-electron chi connectivity index (χ1n) is 6.52. The van der Waals surface area contributed by atoms with E-state index in [-0.39, 0.29) is 24.3 Å². The van der Waals surface area contributed by atoms with Gasteiger partial charge < -0.3 is 19.9 Å². The molecule has 0 aliphatic carbocycles. The van der Waals surface area contributed by atoms with E-state index >= 15 is 0 Å². The van der Waals surface area contributed by atoms with Crippen LogP contribution in [0.15, 0.2) is 0 Å². The second-order valence-electron chi connectivity index (χ2n) is 6.66. The molecule has 0 spiro atoms. The molecule has 0 rings (SSSR count). The molecule has 112 valence electrons. The van der Waals surface area contributed by atoms with Crippen LogP contribution in [0.3, 0.4) is 0 Å². The Labute approximate surface area is 116 Å². The van der Waals surface area contributed by atoms with E-state index in [4.69, 9.17) is 4.74 Å². The molecule has 0 aliphatic heterocycles. The number of quaternary nitrogens is 1. The third-order valence-electron chi connectivity index (χ3n) is 2.16. The molecular formula is C13H28N3O3+. The van der Waals surface area contributed by atoms with Gasteiger partial charge in [-0.05, 0) is 20.8 Å². The lowest BCUT2D eigenvalue weighted by molar-refractivity contribution is -0.870. The molecule has 0 heterocycles. The average molecular weight is 274 g/mol. The molecule has 0 unspecified atom stereocenters. The molecule has 2 N–H and O–H groups in total. The first-order chi connectivity index (χ1) is 8.49. The topological polar surface area (TPSA) is 67.4 Å². The van der Waals surface area contributed by atoms with Crippen LogP contribution >= 0.6 is 0 Å². The normalized spacial score (nSPS) is 11.9. The van der Waals surface area contributed by atoms with Crippen LogP contribution in [0.2, 0.25) is 0 Å². The summed E-state index contributed by atoms with van der Waals surface area (Å²) in [5.41, 5.74) is -0.307. The summed E-state index contributed by atoms with van der Waals surface area (Å²) < 4.78 is 5.74. The van der Waals surface area contributed by atoms with E-state index in [1.165, 1.54) is 0 Å². The van der Waals surface area contributed by atoms with Crippen molar-refractivity contribution in [2.45, 2.75) is 39.2 Å². The lowest BCUT2D eigenvalue weighted by Gasteiger charge is -2.23. The second kappa shape index (κ2) is 7.33. The van der Waals surface area contributed by atoms with E-state index in [1.807, 2.05) is 20.8 Å². The molecule has 19 heavy (non-hydrogen) atoms. The van der Waals surface area contributed by atoms with Gasteiger partial charge in [0.1, 0.15) is 0 Å². The Morgan fingerprint density at radius 3 is 2.21 bits per heavy atom. The van der Waals surface area contributed by atoms with Crippen molar-refractivity contribution < 1.29 is 18.8 Å². The quantitative estimate of drug-likeness (QED) is 0.432. The highest BCUT2D eigenvalue weighted by molar-refractivity contribution is 5.75. The monoisotopic (exact) mass is 274 g/mol. The number of amides is 2. The molecule has 6 nitrogen and oxygen atoms in total. The van der Waals surface area contributed by atoms with Crippen LogP contribution in [0.1, 0.15) is 33.6 Å². The van der Waals surface area contributed by atoms with E-state index in [1.54, 1.807) is 0 Å². The lowest BCUT2D eigenvalue weighted by Crippen LogP contribution is -2.47. The summed E-state index contributed by atoms with van der Waals surface area (Å²) in [6, 6.07) is -0.341. The third kappa shape index (κ3) is 12.9. The van der Waals surface area contributed by atoms with Crippen molar-refractivity contribution in [3.8, 4) is 0 Å². The molecule has 0 atom stereocenters. The SMILES string of the molecule is CC(C)(C)NC(=O)NCOC(=O)CCC[N+](C)(C)C. The predicted octanol–water partition coefficient (Wildman–Crippen LogP) is 1.07. The molecule has 2 amide bonds. The van der Waals surface area contributed by atoms with Gasteiger partial charge in [0.05, 0.1) is 34.1 Å². The summed E-state index contributed by atoms with van der Waals surface area (Å²) in [5.74, 6) is -0.287. The minimum Gasteiger partial charge on any atom is -0.444 e. The molecule has 0 fully saturated rings. The molecule has 0 radical (unpaired) electrons. The standard InChI is InChI=1S/C13H27N3O3/c1-13(2,3)15-12(18)14-10-19-11(17)8-7-9-16(4,5)6/h7-10H2,1-6H3,(H-,14,15,18)/p+1. The highest BCUT2D eigenvalue weighted by Gasteiger charge is 2.14. The van der Waals surface area contributed by atoms with Gasteiger partial charge in [0.25, 0.3) is 0 Å². The number of ether oxygens (including phenoxy) is 1. The fourth-order valence-electron chi connectivity index (χ4n) is 1.34. The summed E-state index contributed by atoms with van der Waals surface area (Å²) in [5, 5.41) is 5.19. The Hall–Kier alpha value is -1.30. The maximum Gasteiger partial charge on any atom is 0.317 e. The smallest absolute Gasteiger partial charge is 0.317 e. The van der Waals surface area contributed by atoms with Gasteiger partial charge >= 0.3 is 12.0 Å². The maximum absolute atomic E-state index is 11.4. The van der Waals surface area contributed by atoms with Crippen LogP contribution in [-0.2, 0) is 9.53 Å². The highest BCUT2D eigenvalue weighted by atomic mass is 16.5. The van der Waals surface area contributed by atoms with Crippen LogP contribution < -0.4 is 10.6 Å². The predicted molar refractivity (Wildman–Crippen MR) is 74.5 cm³/mol. The zero-order valence-corrected chi connectivity index (χ0v) is 13.0. The molecule has 0 bridgehead atoms.